The Labute approximate surface area is 108 Å². The lowest BCUT2D eigenvalue weighted by atomic mass is 10.2. The molecule has 0 saturated carbocycles. The van der Waals surface area contributed by atoms with Gasteiger partial charge in [-0.05, 0) is 38.9 Å². The molecule has 1 aliphatic rings. The lowest BCUT2D eigenvalue weighted by molar-refractivity contribution is 0.327. The van der Waals surface area contributed by atoms with Gasteiger partial charge in [0.1, 0.15) is 11.9 Å². The minimum atomic E-state index is 0.297. The van der Waals surface area contributed by atoms with Crippen molar-refractivity contribution in [3.63, 3.8) is 0 Å². The molecule has 1 aromatic heterocycles. The minimum absolute atomic E-state index is 0.297. The van der Waals surface area contributed by atoms with Crippen molar-refractivity contribution in [2.45, 2.75) is 25.8 Å². The molecule has 1 unspecified atom stereocenters. The van der Waals surface area contributed by atoms with E-state index in [0.29, 0.717) is 23.1 Å². The lowest BCUT2D eigenvalue weighted by Gasteiger charge is -2.22. The average Bonchev–Trinajstić information content (AvgIpc) is 2.84. The summed E-state index contributed by atoms with van der Waals surface area (Å²) in [6.45, 7) is 5.49. The maximum absolute atomic E-state index is 8.75. The summed E-state index contributed by atoms with van der Waals surface area (Å²) in [6.07, 6.45) is 4.13. The third-order valence-electron chi connectivity index (χ3n) is 3.16. The molecule has 5 nitrogen and oxygen atoms in total. The normalized spacial score (nSPS) is 17.3. The van der Waals surface area contributed by atoms with Crippen molar-refractivity contribution in [1.29, 1.82) is 5.26 Å². The van der Waals surface area contributed by atoms with Crippen LogP contribution in [0.2, 0.25) is 0 Å². The van der Waals surface area contributed by atoms with Crippen LogP contribution in [0.3, 0.4) is 0 Å². The number of aromatic nitrogens is 1. The number of nitrogen functional groups attached to an aromatic ring is 1. The molecule has 1 atom stereocenters. The SMILES string of the molecule is CC(CN1CCCC1)Nc1ncc(C#N)cc1N. The summed E-state index contributed by atoms with van der Waals surface area (Å²) in [5.74, 6) is 0.667. The van der Waals surface area contributed by atoms with E-state index in [4.69, 9.17) is 11.0 Å². The van der Waals surface area contributed by atoms with Crippen LogP contribution in [0, 0.1) is 11.3 Å². The van der Waals surface area contributed by atoms with E-state index in [0.717, 1.165) is 6.54 Å². The highest BCUT2D eigenvalue weighted by molar-refractivity contribution is 5.63. The number of anilines is 2. The number of rotatable bonds is 4. The Morgan fingerprint density at radius 1 is 1.56 bits per heavy atom. The number of pyridine rings is 1. The molecule has 96 valence electrons. The number of hydrogen-bond donors (Lipinski definition) is 2. The van der Waals surface area contributed by atoms with E-state index in [1.54, 1.807) is 12.3 Å². The first-order chi connectivity index (χ1) is 8.69. The predicted octanol–water partition coefficient (Wildman–Crippen LogP) is 1.43. The predicted molar refractivity (Wildman–Crippen MR) is 72.1 cm³/mol. The molecule has 1 fully saturated rings. The van der Waals surface area contributed by atoms with E-state index in [-0.39, 0.29) is 0 Å². The van der Waals surface area contributed by atoms with Crippen LogP contribution in [0.25, 0.3) is 0 Å². The Kier molecular flexibility index (Phi) is 4.00. The van der Waals surface area contributed by atoms with Crippen LogP contribution in [-0.4, -0.2) is 35.6 Å². The summed E-state index contributed by atoms with van der Waals surface area (Å²) in [5.41, 5.74) is 6.88. The molecule has 1 aromatic rings. The number of nitrogens with zero attached hydrogens (tertiary/aromatic N) is 3. The van der Waals surface area contributed by atoms with E-state index in [9.17, 15) is 0 Å². The lowest BCUT2D eigenvalue weighted by Crippen LogP contribution is -2.33. The molecule has 0 spiro atoms. The quantitative estimate of drug-likeness (QED) is 0.839. The van der Waals surface area contributed by atoms with Gasteiger partial charge in [0.2, 0.25) is 0 Å². The Hall–Kier alpha value is -1.80. The van der Waals surface area contributed by atoms with Gasteiger partial charge in [0.25, 0.3) is 0 Å². The second-order valence-corrected chi connectivity index (χ2v) is 4.83. The fraction of sp³-hybridized carbons (Fsp3) is 0.538. The van der Waals surface area contributed by atoms with Crippen molar-refractivity contribution in [1.82, 2.24) is 9.88 Å². The summed E-state index contributed by atoms with van der Waals surface area (Å²) >= 11 is 0. The fourth-order valence-corrected chi connectivity index (χ4v) is 2.30. The largest absolute Gasteiger partial charge is 0.396 e. The van der Waals surface area contributed by atoms with Gasteiger partial charge >= 0.3 is 0 Å². The third kappa shape index (κ3) is 3.11. The first-order valence-corrected chi connectivity index (χ1v) is 6.33. The minimum Gasteiger partial charge on any atom is -0.396 e. The van der Waals surface area contributed by atoms with Crippen LogP contribution in [0.1, 0.15) is 25.3 Å². The van der Waals surface area contributed by atoms with E-state index in [1.165, 1.54) is 25.9 Å². The Morgan fingerprint density at radius 2 is 2.28 bits per heavy atom. The van der Waals surface area contributed by atoms with Crippen LogP contribution < -0.4 is 11.1 Å². The molecule has 5 heteroatoms. The first-order valence-electron chi connectivity index (χ1n) is 6.33. The van der Waals surface area contributed by atoms with Gasteiger partial charge in [-0.25, -0.2) is 4.98 Å². The summed E-state index contributed by atoms with van der Waals surface area (Å²) in [7, 11) is 0. The molecule has 0 aromatic carbocycles. The second-order valence-electron chi connectivity index (χ2n) is 4.83. The number of likely N-dealkylation sites (tertiary alicyclic amines) is 1. The molecule has 18 heavy (non-hydrogen) atoms. The number of nitriles is 1. The number of nitrogens with one attached hydrogen (secondary N) is 1. The van der Waals surface area contributed by atoms with Gasteiger partial charge < -0.3 is 16.0 Å². The molecule has 3 N–H and O–H groups in total. The number of hydrogen-bond acceptors (Lipinski definition) is 5. The van der Waals surface area contributed by atoms with Gasteiger partial charge in [-0.2, -0.15) is 5.26 Å². The fourth-order valence-electron chi connectivity index (χ4n) is 2.30. The summed E-state index contributed by atoms with van der Waals surface area (Å²) in [5, 5.41) is 12.1. The summed E-state index contributed by atoms with van der Waals surface area (Å²) in [6, 6.07) is 3.98. The zero-order chi connectivity index (χ0) is 13.0. The van der Waals surface area contributed by atoms with Gasteiger partial charge in [0, 0.05) is 18.8 Å². The van der Waals surface area contributed by atoms with Gasteiger partial charge in [-0.1, -0.05) is 0 Å². The van der Waals surface area contributed by atoms with Crippen LogP contribution >= 0.6 is 0 Å². The smallest absolute Gasteiger partial charge is 0.149 e. The monoisotopic (exact) mass is 245 g/mol. The zero-order valence-electron chi connectivity index (χ0n) is 10.7. The maximum Gasteiger partial charge on any atom is 0.149 e. The van der Waals surface area contributed by atoms with Crippen LogP contribution in [0.4, 0.5) is 11.5 Å². The number of nitrogens with two attached hydrogens (primary N) is 1. The molecule has 0 amide bonds. The molecular formula is C13H19N5. The summed E-state index contributed by atoms with van der Waals surface area (Å²) in [4.78, 5) is 6.63. The molecule has 2 heterocycles. The molecule has 2 rings (SSSR count). The van der Waals surface area contributed by atoms with E-state index in [1.807, 2.05) is 6.07 Å². The highest BCUT2D eigenvalue weighted by Gasteiger charge is 2.15. The van der Waals surface area contributed by atoms with Crippen molar-refractivity contribution in [3.8, 4) is 6.07 Å². The zero-order valence-corrected chi connectivity index (χ0v) is 10.7. The maximum atomic E-state index is 8.75. The van der Waals surface area contributed by atoms with E-state index < -0.39 is 0 Å². The van der Waals surface area contributed by atoms with Crippen molar-refractivity contribution in [2.75, 3.05) is 30.7 Å². The van der Waals surface area contributed by atoms with Crippen LogP contribution in [-0.2, 0) is 0 Å². The third-order valence-corrected chi connectivity index (χ3v) is 3.16. The topological polar surface area (TPSA) is 78.0 Å². The van der Waals surface area contributed by atoms with Gasteiger partial charge in [-0.3, -0.25) is 0 Å². The van der Waals surface area contributed by atoms with Gasteiger partial charge in [-0.15, -0.1) is 0 Å². The molecule has 1 aliphatic heterocycles. The molecular weight excluding hydrogens is 226 g/mol. The van der Waals surface area contributed by atoms with Crippen LogP contribution in [0.15, 0.2) is 12.3 Å². The standard InChI is InChI=1S/C13H19N5/c1-10(9-18-4-2-3-5-18)17-13-12(15)6-11(7-14)8-16-13/h6,8,10H,2-5,9,15H2,1H3,(H,16,17). The van der Waals surface area contributed by atoms with Gasteiger partial charge in [0.05, 0.1) is 11.3 Å². The van der Waals surface area contributed by atoms with Crippen molar-refractivity contribution in [3.05, 3.63) is 17.8 Å². The summed E-state index contributed by atoms with van der Waals surface area (Å²) < 4.78 is 0. The highest BCUT2D eigenvalue weighted by Crippen LogP contribution is 2.17. The second kappa shape index (κ2) is 5.69. The van der Waals surface area contributed by atoms with Crippen molar-refractivity contribution < 1.29 is 0 Å². The molecule has 1 saturated heterocycles. The Morgan fingerprint density at radius 3 is 2.89 bits per heavy atom. The van der Waals surface area contributed by atoms with E-state index in [2.05, 4.69) is 22.1 Å². The van der Waals surface area contributed by atoms with Gasteiger partial charge in [0.15, 0.2) is 0 Å². The highest BCUT2D eigenvalue weighted by atomic mass is 15.2. The van der Waals surface area contributed by atoms with Crippen molar-refractivity contribution in [2.24, 2.45) is 0 Å². The van der Waals surface area contributed by atoms with E-state index >= 15 is 0 Å². The first kappa shape index (κ1) is 12.7. The molecule has 0 aliphatic carbocycles. The molecule has 0 radical (unpaired) electrons. The Bertz CT molecular complexity index is 445. The Balaban J connectivity index is 1.94. The van der Waals surface area contributed by atoms with Crippen LogP contribution in [0.5, 0.6) is 0 Å². The molecule has 0 bridgehead atoms. The van der Waals surface area contributed by atoms with Crippen molar-refractivity contribution >= 4 is 11.5 Å². The average molecular weight is 245 g/mol.